The fraction of sp³-hybridized carbons (Fsp3) is 0.118. The molecule has 2 amide bonds. The lowest BCUT2D eigenvalue weighted by Gasteiger charge is -2.19. The topological polar surface area (TPSA) is 93.0 Å². The molecule has 0 saturated heterocycles. The monoisotopic (exact) mass is 336 g/mol. The van der Waals surface area contributed by atoms with E-state index < -0.39 is 0 Å². The molecule has 0 aliphatic carbocycles. The predicted octanol–water partition coefficient (Wildman–Crippen LogP) is 1.59. The lowest BCUT2D eigenvalue weighted by Crippen LogP contribution is -2.28. The van der Waals surface area contributed by atoms with Gasteiger partial charge in [-0.15, -0.1) is 5.10 Å². The molecule has 0 fully saturated rings. The summed E-state index contributed by atoms with van der Waals surface area (Å²) >= 11 is 0. The molecule has 0 aliphatic rings. The normalized spacial score (nSPS) is 10.3. The smallest absolute Gasteiger partial charge is 0.260 e. The average molecular weight is 336 g/mol. The Morgan fingerprint density at radius 2 is 1.80 bits per heavy atom. The lowest BCUT2D eigenvalue weighted by atomic mass is 10.1. The van der Waals surface area contributed by atoms with Gasteiger partial charge in [-0.05, 0) is 34.7 Å². The van der Waals surface area contributed by atoms with E-state index in [2.05, 4.69) is 20.8 Å². The SMILES string of the molecule is CN(C(=O)c1ccccc1NC(=O)Cn1cnnn1)c1ccccc1. The van der Waals surface area contributed by atoms with Gasteiger partial charge in [-0.1, -0.05) is 30.3 Å². The molecule has 8 nitrogen and oxygen atoms in total. The summed E-state index contributed by atoms with van der Waals surface area (Å²) in [6.07, 6.45) is 1.35. The predicted molar refractivity (Wildman–Crippen MR) is 92.1 cm³/mol. The van der Waals surface area contributed by atoms with Crippen LogP contribution in [0.5, 0.6) is 0 Å². The lowest BCUT2D eigenvalue weighted by molar-refractivity contribution is -0.116. The maximum absolute atomic E-state index is 12.8. The van der Waals surface area contributed by atoms with E-state index in [1.807, 2.05) is 30.3 Å². The number of nitrogens with zero attached hydrogens (tertiary/aromatic N) is 5. The molecule has 0 atom stereocenters. The number of amides is 2. The van der Waals surface area contributed by atoms with Gasteiger partial charge in [0.15, 0.2) is 0 Å². The minimum absolute atomic E-state index is 0.0376. The number of hydrogen-bond donors (Lipinski definition) is 1. The number of tetrazole rings is 1. The van der Waals surface area contributed by atoms with E-state index in [1.165, 1.54) is 15.9 Å². The zero-order valence-corrected chi connectivity index (χ0v) is 13.5. The zero-order valence-electron chi connectivity index (χ0n) is 13.5. The molecule has 126 valence electrons. The van der Waals surface area contributed by atoms with Gasteiger partial charge in [-0.3, -0.25) is 9.59 Å². The van der Waals surface area contributed by atoms with E-state index >= 15 is 0 Å². The third-order valence-corrected chi connectivity index (χ3v) is 3.58. The summed E-state index contributed by atoms with van der Waals surface area (Å²) in [5, 5.41) is 13.3. The van der Waals surface area contributed by atoms with Gasteiger partial charge in [-0.25, -0.2) is 4.68 Å². The van der Waals surface area contributed by atoms with E-state index in [9.17, 15) is 9.59 Å². The van der Waals surface area contributed by atoms with Crippen LogP contribution < -0.4 is 10.2 Å². The van der Waals surface area contributed by atoms with Crippen molar-refractivity contribution in [2.75, 3.05) is 17.3 Å². The van der Waals surface area contributed by atoms with E-state index in [0.29, 0.717) is 11.3 Å². The second-order valence-corrected chi connectivity index (χ2v) is 5.30. The van der Waals surface area contributed by atoms with Gasteiger partial charge in [0.1, 0.15) is 12.9 Å². The quantitative estimate of drug-likeness (QED) is 0.764. The molecule has 1 heterocycles. The van der Waals surface area contributed by atoms with Crippen molar-refractivity contribution in [2.24, 2.45) is 0 Å². The molecule has 0 unspecified atom stereocenters. The van der Waals surface area contributed by atoms with Crippen molar-refractivity contribution in [3.63, 3.8) is 0 Å². The van der Waals surface area contributed by atoms with Gasteiger partial charge in [0.25, 0.3) is 5.91 Å². The van der Waals surface area contributed by atoms with Crippen LogP contribution in [0.3, 0.4) is 0 Å². The Labute approximate surface area is 144 Å². The van der Waals surface area contributed by atoms with Crippen molar-refractivity contribution in [3.8, 4) is 0 Å². The summed E-state index contributed by atoms with van der Waals surface area (Å²) < 4.78 is 1.30. The van der Waals surface area contributed by atoms with E-state index in [0.717, 1.165) is 5.69 Å². The summed E-state index contributed by atoms with van der Waals surface area (Å²) in [7, 11) is 1.69. The maximum Gasteiger partial charge on any atom is 0.260 e. The van der Waals surface area contributed by atoms with E-state index in [-0.39, 0.29) is 18.4 Å². The number of benzene rings is 2. The molecule has 0 bridgehead atoms. The molecule has 8 heteroatoms. The first-order valence-electron chi connectivity index (χ1n) is 7.58. The van der Waals surface area contributed by atoms with Crippen molar-refractivity contribution in [3.05, 3.63) is 66.5 Å². The van der Waals surface area contributed by atoms with Gasteiger partial charge >= 0.3 is 0 Å². The van der Waals surface area contributed by atoms with Crippen LogP contribution in [-0.2, 0) is 11.3 Å². The van der Waals surface area contributed by atoms with E-state index in [4.69, 9.17) is 0 Å². The number of rotatable bonds is 5. The minimum atomic E-state index is -0.324. The average Bonchev–Trinajstić information content (AvgIpc) is 3.14. The number of hydrogen-bond acceptors (Lipinski definition) is 5. The Kier molecular flexibility index (Phi) is 4.79. The first-order valence-corrected chi connectivity index (χ1v) is 7.58. The van der Waals surface area contributed by atoms with Crippen molar-refractivity contribution in [1.82, 2.24) is 20.2 Å². The number of para-hydroxylation sites is 2. The Hall–Kier alpha value is -3.55. The van der Waals surface area contributed by atoms with Crippen LogP contribution in [0.1, 0.15) is 10.4 Å². The first-order chi connectivity index (χ1) is 12.1. The van der Waals surface area contributed by atoms with Gasteiger partial charge < -0.3 is 10.2 Å². The Bertz CT molecular complexity index is 864. The first kappa shape index (κ1) is 16.3. The van der Waals surface area contributed by atoms with E-state index in [1.54, 1.807) is 31.3 Å². The van der Waals surface area contributed by atoms with Crippen LogP contribution in [-0.4, -0.2) is 39.1 Å². The third kappa shape index (κ3) is 3.86. The molecule has 3 aromatic rings. The second-order valence-electron chi connectivity index (χ2n) is 5.30. The molecule has 0 aliphatic heterocycles. The molecule has 2 aromatic carbocycles. The van der Waals surface area contributed by atoms with Crippen molar-refractivity contribution in [1.29, 1.82) is 0 Å². The highest BCUT2D eigenvalue weighted by atomic mass is 16.2. The number of aromatic nitrogens is 4. The fourth-order valence-electron chi connectivity index (χ4n) is 2.32. The van der Waals surface area contributed by atoms with Crippen LogP contribution in [0.15, 0.2) is 60.9 Å². The highest BCUT2D eigenvalue weighted by Crippen LogP contribution is 2.20. The minimum Gasteiger partial charge on any atom is -0.324 e. The van der Waals surface area contributed by atoms with Crippen LogP contribution in [0.4, 0.5) is 11.4 Å². The summed E-state index contributed by atoms with van der Waals surface area (Å²) in [5.74, 6) is -0.542. The number of nitrogens with one attached hydrogen (secondary N) is 1. The number of anilines is 2. The highest BCUT2D eigenvalue weighted by molar-refractivity contribution is 6.11. The van der Waals surface area contributed by atoms with Crippen molar-refractivity contribution < 1.29 is 9.59 Å². The standard InChI is InChI=1S/C17H16N6O2/c1-22(13-7-3-2-4-8-13)17(25)14-9-5-6-10-15(14)19-16(24)11-23-12-18-20-21-23/h2-10,12H,11H2,1H3,(H,19,24). The second kappa shape index (κ2) is 7.35. The van der Waals surface area contributed by atoms with Crippen LogP contribution >= 0.6 is 0 Å². The summed E-state index contributed by atoms with van der Waals surface area (Å²) in [6.45, 7) is -0.0376. The molecule has 0 saturated carbocycles. The summed E-state index contributed by atoms with van der Waals surface area (Å²) in [4.78, 5) is 26.5. The summed E-state index contributed by atoms with van der Waals surface area (Å²) in [6, 6.07) is 16.2. The third-order valence-electron chi connectivity index (χ3n) is 3.58. The fourth-order valence-corrected chi connectivity index (χ4v) is 2.32. The molecule has 3 rings (SSSR count). The Morgan fingerprint density at radius 3 is 2.52 bits per heavy atom. The molecule has 0 radical (unpaired) electrons. The zero-order chi connectivity index (χ0) is 17.6. The highest BCUT2D eigenvalue weighted by Gasteiger charge is 2.18. The van der Waals surface area contributed by atoms with Crippen LogP contribution in [0, 0.1) is 0 Å². The molecule has 1 N–H and O–H groups in total. The maximum atomic E-state index is 12.8. The van der Waals surface area contributed by atoms with Crippen molar-refractivity contribution in [2.45, 2.75) is 6.54 Å². The Balaban J connectivity index is 1.78. The molecule has 0 spiro atoms. The molecule has 25 heavy (non-hydrogen) atoms. The molecule has 1 aromatic heterocycles. The van der Waals surface area contributed by atoms with Crippen LogP contribution in [0.2, 0.25) is 0 Å². The Morgan fingerprint density at radius 1 is 1.08 bits per heavy atom. The van der Waals surface area contributed by atoms with Crippen LogP contribution in [0.25, 0.3) is 0 Å². The van der Waals surface area contributed by atoms with Gasteiger partial charge in [0, 0.05) is 12.7 Å². The number of carbonyl (C=O) groups is 2. The van der Waals surface area contributed by atoms with Gasteiger partial charge in [0.05, 0.1) is 11.3 Å². The summed E-state index contributed by atoms with van der Waals surface area (Å²) in [5.41, 5.74) is 1.61. The van der Waals surface area contributed by atoms with Gasteiger partial charge in [0.2, 0.25) is 5.91 Å². The largest absolute Gasteiger partial charge is 0.324 e. The number of carbonyl (C=O) groups excluding carboxylic acids is 2. The molecular formula is C17H16N6O2. The van der Waals surface area contributed by atoms with Crippen molar-refractivity contribution >= 4 is 23.2 Å². The van der Waals surface area contributed by atoms with Gasteiger partial charge in [-0.2, -0.15) is 0 Å². The molecular weight excluding hydrogens is 320 g/mol.